The highest BCUT2D eigenvalue weighted by atomic mass is 16.5. The maximum Gasteiger partial charge on any atom is 0.203 e. The zero-order valence-electron chi connectivity index (χ0n) is 16.2. The van der Waals surface area contributed by atoms with Crippen molar-refractivity contribution in [3.8, 4) is 17.2 Å². The fraction of sp³-hybridized carbons (Fsp3) is 0.455. The molecule has 4 rings (SSSR count). The van der Waals surface area contributed by atoms with E-state index in [-0.39, 0.29) is 6.10 Å². The summed E-state index contributed by atoms with van der Waals surface area (Å²) in [6.45, 7) is 4.13. The van der Waals surface area contributed by atoms with E-state index in [0.29, 0.717) is 5.75 Å². The van der Waals surface area contributed by atoms with Gasteiger partial charge in [0.2, 0.25) is 5.75 Å². The van der Waals surface area contributed by atoms with Crippen LogP contribution in [0.15, 0.2) is 36.4 Å². The molecule has 0 atom stereocenters. The third kappa shape index (κ3) is 3.83. The molecule has 1 saturated heterocycles. The lowest BCUT2D eigenvalue weighted by molar-refractivity contribution is 0.0918. The first-order valence-electron chi connectivity index (χ1n) is 9.73. The first-order valence-corrected chi connectivity index (χ1v) is 9.73. The van der Waals surface area contributed by atoms with E-state index in [1.54, 1.807) is 14.2 Å². The van der Waals surface area contributed by atoms with Gasteiger partial charge in [0.1, 0.15) is 6.10 Å². The summed E-state index contributed by atoms with van der Waals surface area (Å²) in [5, 5.41) is 3.55. The molecule has 0 aromatic heterocycles. The standard InChI is InChI=1S/C22H28N2O3/c1-25-19-7-4-8-20(26-2)22(19)27-18-10-13-24(14-11-18)15-17-6-3-5-16-9-12-23-21(16)17/h3-8,18,23H,9-15H2,1-2H3. The molecule has 0 unspecified atom stereocenters. The summed E-state index contributed by atoms with van der Waals surface area (Å²) in [5.41, 5.74) is 4.22. The van der Waals surface area contributed by atoms with E-state index in [2.05, 4.69) is 28.4 Å². The van der Waals surface area contributed by atoms with Gasteiger partial charge in [0.05, 0.1) is 14.2 Å². The first kappa shape index (κ1) is 18.0. The Morgan fingerprint density at radius 1 is 1.00 bits per heavy atom. The van der Waals surface area contributed by atoms with Crippen LogP contribution in [0, 0.1) is 0 Å². The third-order valence-electron chi connectivity index (χ3n) is 5.53. The van der Waals surface area contributed by atoms with Gasteiger partial charge in [0, 0.05) is 31.9 Å². The maximum absolute atomic E-state index is 6.28. The number of hydrogen-bond donors (Lipinski definition) is 1. The van der Waals surface area contributed by atoms with Crippen LogP contribution >= 0.6 is 0 Å². The molecule has 1 N–H and O–H groups in total. The molecular weight excluding hydrogens is 340 g/mol. The van der Waals surface area contributed by atoms with E-state index in [0.717, 1.165) is 56.9 Å². The topological polar surface area (TPSA) is 43.0 Å². The number of nitrogens with zero attached hydrogens (tertiary/aromatic N) is 1. The van der Waals surface area contributed by atoms with Gasteiger partial charge >= 0.3 is 0 Å². The highest BCUT2D eigenvalue weighted by molar-refractivity contribution is 5.61. The number of ether oxygens (including phenoxy) is 3. The second-order valence-electron chi connectivity index (χ2n) is 7.21. The monoisotopic (exact) mass is 368 g/mol. The molecule has 2 heterocycles. The summed E-state index contributed by atoms with van der Waals surface area (Å²) in [6, 6.07) is 12.4. The Morgan fingerprint density at radius 3 is 2.41 bits per heavy atom. The molecule has 27 heavy (non-hydrogen) atoms. The number of nitrogens with one attached hydrogen (secondary N) is 1. The van der Waals surface area contributed by atoms with Gasteiger partial charge in [0.25, 0.3) is 0 Å². The van der Waals surface area contributed by atoms with Crippen LogP contribution in [0.2, 0.25) is 0 Å². The first-order chi connectivity index (χ1) is 13.3. The van der Waals surface area contributed by atoms with E-state index in [1.807, 2.05) is 18.2 Å². The van der Waals surface area contributed by atoms with E-state index < -0.39 is 0 Å². The summed E-state index contributed by atoms with van der Waals surface area (Å²) in [4.78, 5) is 2.52. The van der Waals surface area contributed by atoms with Crippen molar-refractivity contribution in [2.45, 2.75) is 31.9 Å². The Hall–Kier alpha value is -2.40. The molecule has 2 aliphatic rings. The van der Waals surface area contributed by atoms with Gasteiger partial charge in [-0.2, -0.15) is 0 Å². The number of piperidine rings is 1. The van der Waals surface area contributed by atoms with Gasteiger partial charge in [-0.25, -0.2) is 0 Å². The number of methoxy groups -OCH3 is 2. The van der Waals surface area contributed by atoms with E-state index in [1.165, 1.54) is 16.8 Å². The number of para-hydroxylation sites is 2. The summed E-state index contributed by atoms with van der Waals surface area (Å²) in [5.74, 6) is 2.16. The smallest absolute Gasteiger partial charge is 0.203 e. The molecule has 5 heteroatoms. The Bertz CT molecular complexity index is 763. The zero-order valence-corrected chi connectivity index (χ0v) is 16.2. The van der Waals surface area contributed by atoms with E-state index in [4.69, 9.17) is 14.2 Å². The molecule has 2 aromatic carbocycles. The lowest BCUT2D eigenvalue weighted by Gasteiger charge is -2.33. The number of anilines is 1. The molecule has 144 valence electrons. The van der Waals surface area contributed by atoms with Crippen LogP contribution in [0.5, 0.6) is 17.2 Å². The normalized spacial score (nSPS) is 17.3. The Labute approximate surface area is 161 Å². The summed E-state index contributed by atoms with van der Waals surface area (Å²) in [7, 11) is 3.33. The van der Waals surface area contributed by atoms with Crippen LogP contribution in [-0.2, 0) is 13.0 Å². The number of likely N-dealkylation sites (tertiary alicyclic amines) is 1. The molecule has 1 fully saturated rings. The molecule has 0 aliphatic carbocycles. The highest BCUT2D eigenvalue weighted by Crippen LogP contribution is 2.38. The minimum absolute atomic E-state index is 0.186. The van der Waals surface area contributed by atoms with Crippen LogP contribution in [0.3, 0.4) is 0 Å². The van der Waals surface area contributed by atoms with Crippen molar-refractivity contribution in [2.75, 3.05) is 39.2 Å². The Balaban J connectivity index is 1.37. The van der Waals surface area contributed by atoms with Gasteiger partial charge in [-0.15, -0.1) is 0 Å². The Morgan fingerprint density at radius 2 is 1.70 bits per heavy atom. The van der Waals surface area contributed by atoms with Crippen LogP contribution in [0.1, 0.15) is 24.0 Å². The average Bonchev–Trinajstić information content (AvgIpc) is 3.19. The van der Waals surface area contributed by atoms with Gasteiger partial charge in [0.15, 0.2) is 11.5 Å². The molecule has 2 aliphatic heterocycles. The summed E-state index contributed by atoms with van der Waals surface area (Å²) < 4.78 is 17.2. The van der Waals surface area contributed by atoms with Crippen LogP contribution in [0.25, 0.3) is 0 Å². The minimum atomic E-state index is 0.186. The fourth-order valence-electron chi connectivity index (χ4n) is 4.07. The molecule has 2 aromatic rings. The van der Waals surface area contributed by atoms with Crippen molar-refractivity contribution in [3.05, 3.63) is 47.5 Å². The van der Waals surface area contributed by atoms with Crippen LogP contribution in [0.4, 0.5) is 5.69 Å². The molecule has 0 spiro atoms. The van der Waals surface area contributed by atoms with Crippen molar-refractivity contribution in [1.82, 2.24) is 4.90 Å². The highest BCUT2D eigenvalue weighted by Gasteiger charge is 2.24. The third-order valence-corrected chi connectivity index (χ3v) is 5.53. The SMILES string of the molecule is COc1cccc(OC)c1OC1CCN(Cc2cccc3c2NCC3)CC1. The van der Waals surface area contributed by atoms with Crippen molar-refractivity contribution in [2.24, 2.45) is 0 Å². The zero-order chi connectivity index (χ0) is 18.6. The van der Waals surface area contributed by atoms with Crippen molar-refractivity contribution >= 4 is 5.69 Å². The second-order valence-corrected chi connectivity index (χ2v) is 7.21. The van der Waals surface area contributed by atoms with Crippen LogP contribution in [-0.4, -0.2) is 44.9 Å². The fourth-order valence-corrected chi connectivity index (χ4v) is 4.07. The number of fused-ring (bicyclic) bond motifs is 1. The van der Waals surface area contributed by atoms with E-state index in [9.17, 15) is 0 Å². The van der Waals surface area contributed by atoms with Crippen molar-refractivity contribution in [1.29, 1.82) is 0 Å². The second kappa shape index (κ2) is 8.09. The van der Waals surface area contributed by atoms with Gasteiger partial charge in [-0.05, 0) is 42.5 Å². The lowest BCUT2D eigenvalue weighted by Crippen LogP contribution is -2.38. The quantitative estimate of drug-likeness (QED) is 0.842. The molecule has 5 nitrogen and oxygen atoms in total. The summed E-state index contributed by atoms with van der Waals surface area (Å²) >= 11 is 0. The molecule has 0 radical (unpaired) electrons. The summed E-state index contributed by atoms with van der Waals surface area (Å²) in [6.07, 6.45) is 3.33. The van der Waals surface area contributed by atoms with Gasteiger partial charge in [-0.3, -0.25) is 4.90 Å². The molecular formula is C22H28N2O3. The Kier molecular flexibility index (Phi) is 5.39. The maximum atomic E-state index is 6.28. The number of benzene rings is 2. The minimum Gasteiger partial charge on any atom is -0.493 e. The predicted molar refractivity (Wildman–Crippen MR) is 107 cm³/mol. The predicted octanol–water partition coefficient (Wildman–Crippen LogP) is 3.72. The van der Waals surface area contributed by atoms with Crippen molar-refractivity contribution in [3.63, 3.8) is 0 Å². The molecule has 0 saturated carbocycles. The largest absolute Gasteiger partial charge is 0.493 e. The lowest BCUT2D eigenvalue weighted by atomic mass is 10.0. The van der Waals surface area contributed by atoms with Gasteiger partial charge in [-0.1, -0.05) is 24.3 Å². The average molecular weight is 368 g/mol. The molecule has 0 bridgehead atoms. The van der Waals surface area contributed by atoms with Gasteiger partial charge < -0.3 is 19.5 Å². The number of hydrogen-bond acceptors (Lipinski definition) is 5. The number of rotatable bonds is 6. The van der Waals surface area contributed by atoms with Crippen LogP contribution < -0.4 is 19.5 Å². The molecule has 0 amide bonds. The van der Waals surface area contributed by atoms with Crippen molar-refractivity contribution < 1.29 is 14.2 Å². The van der Waals surface area contributed by atoms with E-state index >= 15 is 0 Å².